The molecule has 6 heteroatoms. The monoisotopic (exact) mass is 391 g/mol. The van der Waals surface area contributed by atoms with Crippen molar-refractivity contribution in [3.8, 4) is 0 Å². The highest BCUT2D eigenvalue weighted by molar-refractivity contribution is 5.85. The first-order chi connectivity index (χ1) is 13.3. The number of carbonyl (C=O) groups is 1. The molecule has 0 radical (unpaired) electrons. The Hall–Kier alpha value is -1.73. The molecule has 2 rings (SSSR count). The molecule has 1 aromatic carbocycles. The molecule has 4 atom stereocenters. The minimum atomic E-state index is -1.28. The van der Waals surface area contributed by atoms with E-state index in [-0.39, 0.29) is 37.9 Å². The molecule has 1 aliphatic rings. The molecule has 28 heavy (non-hydrogen) atoms. The van der Waals surface area contributed by atoms with Crippen molar-refractivity contribution < 1.29 is 24.5 Å². The van der Waals surface area contributed by atoms with E-state index in [1.807, 2.05) is 45.0 Å². The third-order valence-corrected chi connectivity index (χ3v) is 5.12. The molecule has 0 bridgehead atoms. The number of hydrogen-bond acceptors (Lipinski definition) is 5. The molecule has 1 fully saturated rings. The van der Waals surface area contributed by atoms with Gasteiger partial charge in [-0.25, -0.2) is 0 Å². The number of hydrogen-bond donors (Lipinski definition) is 3. The molecule has 0 saturated heterocycles. The normalized spacial score (nSPS) is 27.6. The van der Waals surface area contributed by atoms with Gasteiger partial charge >= 0.3 is 0 Å². The fourth-order valence-electron chi connectivity index (χ4n) is 3.40. The summed E-state index contributed by atoms with van der Waals surface area (Å²) in [6.45, 7) is 10.6. The third-order valence-electron chi connectivity index (χ3n) is 5.12. The zero-order valence-electron chi connectivity index (χ0n) is 17.1. The molecule has 156 valence electrons. The van der Waals surface area contributed by atoms with Crippen molar-refractivity contribution >= 4 is 5.91 Å². The molecule has 0 heterocycles. The Morgan fingerprint density at radius 2 is 2.07 bits per heavy atom. The molecule has 1 aromatic rings. The second-order valence-corrected chi connectivity index (χ2v) is 7.94. The number of rotatable bonds is 9. The van der Waals surface area contributed by atoms with Crippen LogP contribution in [-0.2, 0) is 20.9 Å². The van der Waals surface area contributed by atoms with Gasteiger partial charge in [0.1, 0.15) is 6.10 Å². The van der Waals surface area contributed by atoms with Gasteiger partial charge in [0.2, 0.25) is 0 Å². The standard InChI is InChI=1S/C22H33NO5/c1-5-10-27-19-12-22(11-18(24)20(19)25,21(26)23-13-15(2)3)28-14-17-9-7-6-8-16(17)4/h5-9,15,18-20,24-25H,1,10-14H2,2-4H3,(H,23,26)/t18-,19?,20-,22+/m1/s1. The van der Waals surface area contributed by atoms with E-state index in [9.17, 15) is 15.0 Å². The van der Waals surface area contributed by atoms with E-state index in [1.165, 1.54) is 0 Å². The van der Waals surface area contributed by atoms with Crippen LogP contribution >= 0.6 is 0 Å². The maximum Gasteiger partial charge on any atom is 0.252 e. The average molecular weight is 392 g/mol. The summed E-state index contributed by atoms with van der Waals surface area (Å²) < 4.78 is 11.8. The van der Waals surface area contributed by atoms with Crippen molar-refractivity contribution in [1.82, 2.24) is 5.32 Å². The number of amides is 1. The fourth-order valence-corrected chi connectivity index (χ4v) is 3.40. The van der Waals surface area contributed by atoms with Gasteiger partial charge < -0.3 is 25.0 Å². The number of aryl methyl sites for hydroxylation is 1. The maximum absolute atomic E-state index is 13.1. The number of benzene rings is 1. The van der Waals surface area contributed by atoms with Gasteiger partial charge in [0.25, 0.3) is 5.91 Å². The first-order valence-corrected chi connectivity index (χ1v) is 9.84. The average Bonchev–Trinajstić information content (AvgIpc) is 2.66. The molecular weight excluding hydrogens is 358 g/mol. The van der Waals surface area contributed by atoms with Gasteiger partial charge in [0, 0.05) is 19.4 Å². The summed E-state index contributed by atoms with van der Waals surface area (Å²) in [6.07, 6.45) is -1.17. The van der Waals surface area contributed by atoms with Crippen molar-refractivity contribution in [2.24, 2.45) is 5.92 Å². The summed E-state index contributed by atoms with van der Waals surface area (Å²) in [5.41, 5.74) is 0.764. The van der Waals surface area contributed by atoms with Gasteiger partial charge in [-0.3, -0.25) is 4.79 Å². The maximum atomic E-state index is 13.1. The van der Waals surface area contributed by atoms with Crippen LogP contribution in [-0.4, -0.2) is 53.2 Å². The van der Waals surface area contributed by atoms with Crippen LogP contribution in [0.2, 0.25) is 0 Å². The zero-order chi connectivity index (χ0) is 20.7. The lowest BCUT2D eigenvalue weighted by Crippen LogP contribution is -2.61. The molecule has 1 unspecified atom stereocenters. The third kappa shape index (κ3) is 5.64. The van der Waals surface area contributed by atoms with Gasteiger partial charge in [-0.05, 0) is 24.0 Å². The molecular formula is C22H33NO5. The Kier molecular flexibility index (Phi) is 8.19. The number of aliphatic hydroxyl groups excluding tert-OH is 2. The topological polar surface area (TPSA) is 88.0 Å². The van der Waals surface area contributed by atoms with Crippen LogP contribution in [0.3, 0.4) is 0 Å². The molecule has 1 amide bonds. The lowest BCUT2D eigenvalue weighted by Gasteiger charge is -2.44. The molecule has 1 aliphatic carbocycles. The second-order valence-electron chi connectivity index (χ2n) is 7.94. The van der Waals surface area contributed by atoms with Gasteiger partial charge in [-0.2, -0.15) is 0 Å². The van der Waals surface area contributed by atoms with Crippen LogP contribution in [0.25, 0.3) is 0 Å². The van der Waals surface area contributed by atoms with Gasteiger partial charge in [-0.1, -0.05) is 44.2 Å². The van der Waals surface area contributed by atoms with E-state index in [0.29, 0.717) is 6.54 Å². The second kappa shape index (κ2) is 10.2. The summed E-state index contributed by atoms with van der Waals surface area (Å²) in [4.78, 5) is 13.1. The Labute approximate surface area is 167 Å². The van der Waals surface area contributed by atoms with Crippen LogP contribution in [0.4, 0.5) is 0 Å². The highest BCUT2D eigenvalue weighted by Crippen LogP contribution is 2.35. The predicted molar refractivity (Wildman–Crippen MR) is 108 cm³/mol. The highest BCUT2D eigenvalue weighted by Gasteiger charge is 2.51. The Balaban J connectivity index is 2.25. The van der Waals surface area contributed by atoms with Gasteiger partial charge in [0.05, 0.1) is 25.4 Å². The van der Waals surface area contributed by atoms with E-state index >= 15 is 0 Å². The SMILES string of the molecule is C=CCOC1C[C@](OCc2ccccc2C)(C(=O)NCC(C)C)C[C@@H](O)[C@H]1O. The van der Waals surface area contributed by atoms with Crippen LogP contribution < -0.4 is 5.32 Å². The van der Waals surface area contributed by atoms with E-state index in [4.69, 9.17) is 9.47 Å². The van der Waals surface area contributed by atoms with Crippen molar-refractivity contribution in [3.05, 3.63) is 48.0 Å². The van der Waals surface area contributed by atoms with Crippen molar-refractivity contribution in [2.75, 3.05) is 13.2 Å². The van der Waals surface area contributed by atoms with Gasteiger partial charge in [-0.15, -0.1) is 6.58 Å². The Morgan fingerprint density at radius 1 is 1.36 bits per heavy atom. The Morgan fingerprint density at radius 3 is 2.71 bits per heavy atom. The predicted octanol–water partition coefficient (Wildman–Crippen LogP) is 2.11. The van der Waals surface area contributed by atoms with Crippen molar-refractivity contribution in [3.63, 3.8) is 0 Å². The first kappa shape index (κ1) is 22.6. The first-order valence-electron chi connectivity index (χ1n) is 9.84. The quantitative estimate of drug-likeness (QED) is 0.561. The molecule has 0 aromatic heterocycles. The summed E-state index contributed by atoms with van der Waals surface area (Å²) in [6, 6.07) is 7.81. The molecule has 6 nitrogen and oxygen atoms in total. The number of carbonyl (C=O) groups excluding carboxylic acids is 1. The fraction of sp³-hybridized carbons (Fsp3) is 0.591. The van der Waals surface area contributed by atoms with E-state index in [2.05, 4.69) is 11.9 Å². The highest BCUT2D eigenvalue weighted by atomic mass is 16.5. The molecule has 3 N–H and O–H groups in total. The summed E-state index contributed by atoms with van der Waals surface area (Å²) in [5.74, 6) is -0.00257. The van der Waals surface area contributed by atoms with Crippen molar-refractivity contribution in [2.45, 2.75) is 64.1 Å². The largest absolute Gasteiger partial charge is 0.390 e. The van der Waals surface area contributed by atoms with E-state index in [1.54, 1.807) is 6.08 Å². The lowest BCUT2D eigenvalue weighted by atomic mass is 9.78. The number of ether oxygens (including phenoxy) is 2. The summed E-state index contributed by atoms with van der Waals surface area (Å²) >= 11 is 0. The minimum absolute atomic E-state index is 0.0118. The molecule has 0 spiro atoms. The molecule has 1 saturated carbocycles. The zero-order valence-corrected chi connectivity index (χ0v) is 17.1. The smallest absolute Gasteiger partial charge is 0.252 e. The minimum Gasteiger partial charge on any atom is -0.390 e. The van der Waals surface area contributed by atoms with Gasteiger partial charge in [0.15, 0.2) is 5.60 Å². The van der Waals surface area contributed by atoms with Crippen LogP contribution in [0.1, 0.15) is 37.8 Å². The van der Waals surface area contributed by atoms with Crippen LogP contribution in [0.15, 0.2) is 36.9 Å². The van der Waals surface area contributed by atoms with Crippen LogP contribution in [0.5, 0.6) is 0 Å². The van der Waals surface area contributed by atoms with Crippen LogP contribution in [0, 0.1) is 12.8 Å². The lowest BCUT2D eigenvalue weighted by molar-refractivity contribution is -0.196. The van der Waals surface area contributed by atoms with E-state index in [0.717, 1.165) is 11.1 Å². The summed E-state index contributed by atoms with van der Waals surface area (Å²) in [5, 5.41) is 23.7. The number of nitrogens with one attached hydrogen (secondary N) is 1. The summed E-state index contributed by atoms with van der Waals surface area (Å²) in [7, 11) is 0. The Bertz CT molecular complexity index is 662. The molecule has 0 aliphatic heterocycles. The van der Waals surface area contributed by atoms with Crippen molar-refractivity contribution in [1.29, 1.82) is 0 Å². The number of aliphatic hydroxyl groups is 2. The van der Waals surface area contributed by atoms with E-state index < -0.39 is 23.9 Å².